The average molecular weight is 336 g/mol. The molecule has 92 valence electrons. The Bertz CT molecular complexity index is 244. The molecule has 1 atom stereocenters. The molecule has 0 amide bonds. The van der Waals surface area contributed by atoms with Gasteiger partial charge in [0.2, 0.25) is 0 Å². The van der Waals surface area contributed by atoms with Gasteiger partial charge in [-0.1, -0.05) is 0 Å². The molecule has 0 aromatic heterocycles. The lowest BCUT2D eigenvalue weighted by atomic mass is 10.0. The van der Waals surface area contributed by atoms with E-state index >= 15 is 0 Å². The standard InChI is InChI=1S/C11H21IN4/c12-16-6-4-13-8-10-2-1-3-11(15-10)9-14-5-7-16/h10,13-14H,1-9H2. The summed E-state index contributed by atoms with van der Waals surface area (Å²) in [6, 6.07) is 0.521. The molecular weight excluding hydrogens is 315 g/mol. The van der Waals surface area contributed by atoms with Crippen LogP contribution < -0.4 is 10.6 Å². The van der Waals surface area contributed by atoms with Crippen molar-refractivity contribution >= 4 is 28.6 Å². The lowest BCUT2D eigenvalue weighted by molar-refractivity contribution is 0.451. The van der Waals surface area contributed by atoms with Crippen LogP contribution in [0.2, 0.25) is 0 Å². The summed E-state index contributed by atoms with van der Waals surface area (Å²) >= 11 is 2.41. The van der Waals surface area contributed by atoms with E-state index in [0.717, 1.165) is 39.3 Å². The van der Waals surface area contributed by atoms with Crippen LogP contribution in [0.25, 0.3) is 0 Å². The van der Waals surface area contributed by atoms with Crippen molar-refractivity contribution in [1.29, 1.82) is 0 Å². The lowest BCUT2D eigenvalue weighted by Gasteiger charge is -2.23. The number of hydrogen-bond acceptors (Lipinski definition) is 4. The summed E-state index contributed by atoms with van der Waals surface area (Å²) in [7, 11) is 0. The number of nitrogens with zero attached hydrogens (tertiary/aromatic N) is 2. The Balaban J connectivity index is 1.89. The summed E-state index contributed by atoms with van der Waals surface area (Å²) in [6.07, 6.45) is 3.76. The third-order valence-corrected chi connectivity index (χ3v) is 4.10. The quantitative estimate of drug-likeness (QED) is 0.508. The van der Waals surface area contributed by atoms with Gasteiger partial charge < -0.3 is 10.6 Å². The first-order valence-electron chi connectivity index (χ1n) is 6.22. The van der Waals surface area contributed by atoms with Gasteiger partial charge in [0.25, 0.3) is 0 Å². The minimum atomic E-state index is 0.521. The molecule has 0 fully saturated rings. The molecule has 2 aliphatic rings. The van der Waals surface area contributed by atoms with Crippen LogP contribution in [0.3, 0.4) is 0 Å². The summed E-state index contributed by atoms with van der Waals surface area (Å²) in [5.74, 6) is 0. The molecule has 2 heterocycles. The molecule has 0 aromatic rings. The van der Waals surface area contributed by atoms with Gasteiger partial charge in [-0.3, -0.25) is 4.99 Å². The number of nitrogens with one attached hydrogen (secondary N) is 2. The number of aliphatic imine (C=N–C) groups is 1. The first-order chi connectivity index (χ1) is 7.84. The van der Waals surface area contributed by atoms with Crippen LogP contribution in [0.5, 0.6) is 0 Å². The van der Waals surface area contributed by atoms with Crippen LogP contribution in [0.1, 0.15) is 19.3 Å². The molecule has 2 N–H and O–H groups in total. The fourth-order valence-corrected chi connectivity index (χ4v) is 2.71. The van der Waals surface area contributed by atoms with Crippen molar-refractivity contribution in [2.24, 2.45) is 4.99 Å². The highest BCUT2D eigenvalue weighted by atomic mass is 127. The SMILES string of the molecule is IN1CCNCC2=NC(CCC2)CNCC1. The van der Waals surface area contributed by atoms with E-state index in [0.29, 0.717) is 6.04 Å². The molecule has 0 aliphatic carbocycles. The van der Waals surface area contributed by atoms with Crippen LogP contribution in [-0.4, -0.2) is 54.1 Å². The van der Waals surface area contributed by atoms with E-state index in [1.807, 2.05) is 0 Å². The van der Waals surface area contributed by atoms with Crippen molar-refractivity contribution < 1.29 is 0 Å². The van der Waals surface area contributed by atoms with Gasteiger partial charge >= 0.3 is 0 Å². The minimum Gasteiger partial charge on any atom is -0.313 e. The van der Waals surface area contributed by atoms with Gasteiger partial charge in [0, 0.05) is 67.8 Å². The zero-order chi connectivity index (χ0) is 11.2. The second-order valence-electron chi connectivity index (χ2n) is 4.53. The van der Waals surface area contributed by atoms with Crippen molar-refractivity contribution in [3.63, 3.8) is 0 Å². The Kier molecular flexibility index (Phi) is 5.47. The minimum absolute atomic E-state index is 0.521. The van der Waals surface area contributed by atoms with Gasteiger partial charge in [-0.15, -0.1) is 0 Å². The molecule has 2 rings (SSSR count). The first kappa shape index (κ1) is 12.7. The van der Waals surface area contributed by atoms with Crippen molar-refractivity contribution in [3.8, 4) is 0 Å². The first-order valence-corrected chi connectivity index (χ1v) is 7.19. The largest absolute Gasteiger partial charge is 0.313 e. The molecule has 0 spiro atoms. The normalized spacial score (nSPS) is 30.1. The van der Waals surface area contributed by atoms with E-state index in [2.05, 4.69) is 36.6 Å². The smallest absolute Gasteiger partial charge is 0.0624 e. The number of fused-ring (bicyclic) bond motifs is 1. The average Bonchev–Trinajstić information content (AvgIpc) is 2.30. The fourth-order valence-electron chi connectivity index (χ4n) is 2.22. The van der Waals surface area contributed by atoms with Gasteiger partial charge in [-0.25, -0.2) is 3.11 Å². The van der Waals surface area contributed by atoms with E-state index in [1.165, 1.54) is 25.0 Å². The molecule has 0 saturated heterocycles. The maximum Gasteiger partial charge on any atom is 0.0624 e. The monoisotopic (exact) mass is 336 g/mol. The molecular formula is C11H21IN4. The highest BCUT2D eigenvalue weighted by Crippen LogP contribution is 2.12. The van der Waals surface area contributed by atoms with Crippen molar-refractivity contribution in [1.82, 2.24) is 13.7 Å². The third-order valence-electron chi connectivity index (χ3n) is 3.14. The maximum absolute atomic E-state index is 4.81. The summed E-state index contributed by atoms with van der Waals surface area (Å²) in [6.45, 7) is 6.40. The molecule has 0 saturated carbocycles. The second kappa shape index (κ2) is 6.88. The molecule has 5 heteroatoms. The molecule has 1 unspecified atom stereocenters. The van der Waals surface area contributed by atoms with Crippen molar-refractivity contribution in [2.45, 2.75) is 25.3 Å². The molecule has 2 aliphatic heterocycles. The summed E-state index contributed by atoms with van der Waals surface area (Å²) < 4.78 is 2.34. The Morgan fingerprint density at radius 3 is 2.94 bits per heavy atom. The second-order valence-corrected chi connectivity index (χ2v) is 5.90. The number of halogens is 1. The molecule has 4 nitrogen and oxygen atoms in total. The highest BCUT2D eigenvalue weighted by Gasteiger charge is 2.15. The van der Waals surface area contributed by atoms with Crippen LogP contribution in [0, 0.1) is 0 Å². The zero-order valence-corrected chi connectivity index (χ0v) is 11.9. The number of rotatable bonds is 0. The van der Waals surface area contributed by atoms with Gasteiger partial charge in [-0.2, -0.15) is 0 Å². The summed E-state index contributed by atoms with van der Waals surface area (Å²) in [5, 5.41) is 7.01. The summed E-state index contributed by atoms with van der Waals surface area (Å²) in [4.78, 5) is 4.81. The topological polar surface area (TPSA) is 39.7 Å². The Morgan fingerprint density at radius 2 is 2.06 bits per heavy atom. The van der Waals surface area contributed by atoms with E-state index < -0.39 is 0 Å². The van der Waals surface area contributed by atoms with Gasteiger partial charge in [0.15, 0.2) is 0 Å². The van der Waals surface area contributed by atoms with Crippen LogP contribution in [0.4, 0.5) is 0 Å². The molecule has 0 aromatic carbocycles. The Morgan fingerprint density at radius 1 is 1.25 bits per heavy atom. The van der Waals surface area contributed by atoms with Crippen molar-refractivity contribution in [3.05, 3.63) is 0 Å². The van der Waals surface area contributed by atoms with E-state index in [-0.39, 0.29) is 0 Å². The third kappa shape index (κ3) is 4.27. The Labute approximate surface area is 112 Å². The van der Waals surface area contributed by atoms with E-state index in [1.54, 1.807) is 0 Å². The predicted octanol–water partition coefficient (Wildman–Crippen LogP) is 0.825. The molecule has 0 radical (unpaired) electrons. The number of hydrogen-bond donors (Lipinski definition) is 2. The summed E-state index contributed by atoms with van der Waals surface area (Å²) in [5.41, 5.74) is 1.37. The predicted molar refractivity (Wildman–Crippen MR) is 76.4 cm³/mol. The highest BCUT2D eigenvalue weighted by molar-refractivity contribution is 14.1. The fraction of sp³-hybridized carbons (Fsp3) is 0.909. The van der Waals surface area contributed by atoms with E-state index in [9.17, 15) is 0 Å². The van der Waals surface area contributed by atoms with Crippen LogP contribution in [0.15, 0.2) is 4.99 Å². The maximum atomic E-state index is 4.81. The van der Waals surface area contributed by atoms with Crippen LogP contribution >= 0.6 is 22.9 Å². The molecule has 2 bridgehead atoms. The van der Waals surface area contributed by atoms with Gasteiger partial charge in [-0.05, 0) is 19.3 Å². The Hall–Kier alpha value is 0.280. The van der Waals surface area contributed by atoms with Crippen molar-refractivity contribution in [2.75, 3.05) is 39.3 Å². The zero-order valence-electron chi connectivity index (χ0n) is 9.71. The lowest BCUT2D eigenvalue weighted by Crippen LogP contribution is -2.38. The van der Waals surface area contributed by atoms with E-state index in [4.69, 9.17) is 4.99 Å². The van der Waals surface area contributed by atoms with Crippen LogP contribution in [-0.2, 0) is 0 Å². The van der Waals surface area contributed by atoms with Gasteiger partial charge in [0.1, 0.15) is 0 Å². The molecule has 16 heavy (non-hydrogen) atoms. The van der Waals surface area contributed by atoms with Gasteiger partial charge in [0.05, 0.1) is 6.04 Å².